The number of aromatic nitrogens is 1. The second-order valence-corrected chi connectivity index (χ2v) is 2.66. The summed E-state index contributed by atoms with van der Waals surface area (Å²) in [4.78, 5) is 13.6. The van der Waals surface area contributed by atoms with Crippen molar-refractivity contribution in [3.8, 4) is 5.75 Å². The lowest BCUT2D eigenvalue weighted by atomic mass is 10.4. The first kappa shape index (κ1) is 8.92. The first-order chi connectivity index (χ1) is 5.66. The molecule has 0 saturated carbocycles. The first-order valence-electron chi connectivity index (χ1n) is 2.99. The lowest BCUT2D eigenvalue weighted by molar-refractivity contribution is -0.387. The van der Waals surface area contributed by atoms with Crippen LogP contribution in [0, 0.1) is 10.1 Å². The molecule has 0 atom stereocenters. The van der Waals surface area contributed by atoms with Gasteiger partial charge in [-0.15, -0.1) is 0 Å². The predicted molar refractivity (Wildman–Crippen MR) is 45.1 cm³/mol. The second kappa shape index (κ2) is 3.48. The number of hydrogen-bond donors (Lipinski definition) is 0. The molecule has 0 N–H and O–H groups in total. The van der Waals surface area contributed by atoms with Gasteiger partial charge in [-0.05, 0) is 15.9 Å². The maximum atomic E-state index is 10.5. The van der Waals surface area contributed by atoms with Crippen LogP contribution in [0.1, 0.15) is 0 Å². The highest BCUT2D eigenvalue weighted by atomic mass is 79.9. The minimum atomic E-state index is -0.546. The number of hydrogen-bond acceptors (Lipinski definition) is 4. The summed E-state index contributed by atoms with van der Waals surface area (Å²) < 4.78 is 4.95. The van der Waals surface area contributed by atoms with Gasteiger partial charge in [0.15, 0.2) is 4.60 Å². The van der Waals surface area contributed by atoms with Crippen LogP contribution in [0.25, 0.3) is 0 Å². The fraction of sp³-hybridized carbons (Fsp3) is 0.167. The molecule has 0 fully saturated rings. The van der Waals surface area contributed by atoms with Gasteiger partial charge in [-0.1, -0.05) is 0 Å². The van der Waals surface area contributed by atoms with Crippen LogP contribution in [-0.4, -0.2) is 17.0 Å². The zero-order valence-corrected chi connectivity index (χ0v) is 7.74. The number of ether oxygens (including phenoxy) is 1. The Bertz CT molecular complexity index is 316. The van der Waals surface area contributed by atoms with E-state index in [1.807, 2.05) is 0 Å². The molecule has 0 bridgehead atoms. The maximum Gasteiger partial charge on any atom is 0.343 e. The summed E-state index contributed by atoms with van der Waals surface area (Å²) >= 11 is 2.96. The van der Waals surface area contributed by atoms with Gasteiger partial charge in [-0.2, -0.15) is 0 Å². The summed E-state index contributed by atoms with van der Waals surface area (Å²) in [5.74, 6) is 0.196. The van der Waals surface area contributed by atoms with Crippen molar-refractivity contribution < 1.29 is 9.66 Å². The monoisotopic (exact) mass is 232 g/mol. The third-order valence-electron chi connectivity index (χ3n) is 1.25. The third kappa shape index (κ3) is 1.53. The van der Waals surface area contributed by atoms with Crippen molar-refractivity contribution in [3.63, 3.8) is 0 Å². The molecule has 6 heteroatoms. The van der Waals surface area contributed by atoms with Gasteiger partial charge in [0.1, 0.15) is 0 Å². The van der Waals surface area contributed by atoms with Crippen molar-refractivity contribution in [1.82, 2.24) is 4.98 Å². The zero-order valence-electron chi connectivity index (χ0n) is 6.15. The van der Waals surface area contributed by atoms with Crippen molar-refractivity contribution in [2.24, 2.45) is 0 Å². The summed E-state index contributed by atoms with van der Waals surface area (Å²) in [7, 11) is 1.37. The molecule has 1 heterocycles. The maximum absolute atomic E-state index is 10.5. The molecule has 0 radical (unpaired) electrons. The van der Waals surface area contributed by atoms with Crippen molar-refractivity contribution in [2.45, 2.75) is 0 Å². The van der Waals surface area contributed by atoms with E-state index in [1.54, 1.807) is 0 Å². The first-order valence-corrected chi connectivity index (χ1v) is 3.79. The van der Waals surface area contributed by atoms with Gasteiger partial charge < -0.3 is 4.74 Å². The highest BCUT2D eigenvalue weighted by molar-refractivity contribution is 9.10. The quantitative estimate of drug-likeness (QED) is 0.443. The van der Waals surface area contributed by atoms with Gasteiger partial charge in [-0.25, -0.2) is 4.98 Å². The predicted octanol–water partition coefficient (Wildman–Crippen LogP) is 1.76. The molecule has 5 nitrogen and oxygen atoms in total. The molecule has 0 aromatic carbocycles. The van der Waals surface area contributed by atoms with Gasteiger partial charge in [0, 0.05) is 12.3 Å². The smallest absolute Gasteiger partial charge is 0.343 e. The fourth-order valence-corrected chi connectivity index (χ4v) is 1.20. The Kier molecular flexibility index (Phi) is 2.59. The Morgan fingerprint density at radius 3 is 2.83 bits per heavy atom. The topological polar surface area (TPSA) is 65.3 Å². The van der Waals surface area contributed by atoms with Crippen LogP contribution in [0.2, 0.25) is 0 Å². The summed E-state index contributed by atoms with van der Waals surface area (Å²) in [5, 5.41) is 10.5. The van der Waals surface area contributed by atoms with Crippen molar-refractivity contribution >= 4 is 21.6 Å². The highest BCUT2D eigenvalue weighted by Crippen LogP contribution is 2.31. The third-order valence-corrected chi connectivity index (χ3v) is 1.83. The molecule has 1 aromatic heterocycles. The Balaban J connectivity index is 3.29. The van der Waals surface area contributed by atoms with E-state index < -0.39 is 4.92 Å². The van der Waals surface area contributed by atoms with Crippen LogP contribution in [0.3, 0.4) is 0 Å². The molecular formula is C6H5BrN2O3. The van der Waals surface area contributed by atoms with E-state index in [-0.39, 0.29) is 16.0 Å². The Morgan fingerprint density at radius 2 is 2.42 bits per heavy atom. The molecule has 1 aromatic rings. The van der Waals surface area contributed by atoms with Crippen LogP contribution in [0.5, 0.6) is 5.75 Å². The number of rotatable bonds is 2. The van der Waals surface area contributed by atoms with E-state index in [9.17, 15) is 10.1 Å². The molecule has 0 aliphatic carbocycles. The number of nitro groups is 1. The standard InChI is InChI=1S/C6H5BrN2O3/c1-12-4-2-3-8-6(7)5(4)9(10)11/h2-3H,1H3. The average molecular weight is 233 g/mol. The van der Waals surface area contributed by atoms with Crippen LogP contribution in [0.15, 0.2) is 16.9 Å². The van der Waals surface area contributed by atoms with Crippen LogP contribution in [0.4, 0.5) is 5.69 Å². The molecule has 0 spiro atoms. The molecule has 0 saturated heterocycles. The van der Waals surface area contributed by atoms with Crippen LogP contribution >= 0.6 is 15.9 Å². The average Bonchev–Trinajstić information content (AvgIpc) is 2.03. The van der Waals surface area contributed by atoms with E-state index in [2.05, 4.69) is 20.9 Å². The molecule has 1 rings (SSSR count). The van der Waals surface area contributed by atoms with E-state index in [4.69, 9.17) is 4.74 Å². The zero-order chi connectivity index (χ0) is 9.14. The molecule has 64 valence electrons. The van der Waals surface area contributed by atoms with Gasteiger partial charge >= 0.3 is 5.69 Å². The van der Waals surface area contributed by atoms with Crippen molar-refractivity contribution in [2.75, 3.05) is 7.11 Å². The molecule has 0 amide bonds. The fourth-order valence-electron chi connectivity index (χ4n) is 0.742. The molecule has 0 aliphatic heterocycles. The lowest BCUT2D eigenvalue weighted by Gasteiger charge is -2.00. The Morgan fingerprint density at radius 1 is 1.75 bits per heavy atom. The van der Waals surface area contributed by atoms with Crippen LogP contribution in [-0.2, 0) is 0 Å². The lowest BCUT2D eigenvalue weighted by Crippen LogP contribution is -1.95. The summed E-state index contributed by atoms with van der Waals surface area (Å²) in [6.07, 6.45) is 1.43. The van der Waals surface area contributed by atoms with Gasteiger partial charge in [0.05, 0.1) is 12.0 Å². The Hall–Kier alpha value is -1.17. The largest absolute Gasteiger partial charge is 0.490 e. The second-order valence-electron chi connectivity index (χ2n) is 1.91. The summed E-state index contributed by atoms with van der Waals surface area (Å²) in [6.45, 7) is 0. The van der Waals surface area contributed by atoms with E-state index in [0.717, 1.165) is 0 Å². The minimum absolute atomic E-state index is 0.153. The van der Waals surface area contributed by atoms with E-state index >= 15 is 0 Å². The van der Waals surface area contributed by atoms with Crippen LogP contribution < -0.4 is 4.74 Å². The van der Waals surface area contributed by atoms with Crippen molar-refractivity contribution in [3.05, 3.63) is 27.0 Å². The molecule has 12 heavy (non-hydrogen) atoms. The van der Waals surface area contributed by atoms with E-state index in [0.29, 0.717) is 0 Å². The molecule has 0 aliphatic rings. The number of halogens is 1. The van der Waals surface area contributed by atoms with Gasteiger partial charge in [0.2, 0.25) is 5.75 Å². The normalized spacial score (nSPS) is 9.50. The SMILES string of the molecule is COc1ccnc(Br)c1[N+](=O)[O-]. The minimum Gasteiger partial charge on any atom is -0.490 e. The number of methoxy groups -OCH3 is 1. The Labute approximate surface area is 76.7 Å². The summed E-state index contributed by atoms with van der Waals surface area (Å²) in [6, 6.07) is 1.43. The van der Waals surface area contributed by atoms with Gasteiger partial charge in [-0.3, -0.25) is 10.1 Å². The molecular weight excluding hydrogens is 228 g/mol. The number of nitrogens with zero attached hydrogens (tertiary/aromatic N) is 2. The summed E-state index contributed by atoms with van der Waals surface area (Å²) in [5.41, 5.74) is -0.153. The van der Waals surface area contributed by atoms with Crippen molar-refractivity contribution in [1.29, 1.82) is 0 Å². The van der Waals surface area contributed by atoms with Gasteiger partial charge in [0.25, 0.3) is 0 Å². The van der Waals surface area contributed by atoms with E-state index in [1.165, 1.54) is 19.4 Å². The number of pyridine rings is 1. The molecule has 0 unspecified atom stereocenters. The highest BCUT2D eigenvalue weighted by Gasteiger charge is 2.19.